The van der Waals surface area contributed by atoms with Gasteiger partial charge in [-0.3, -0.25) is 9.59 Å². The molecule has 0 aliphatic rings. The molecule has 2 aromatic rings. The third kappa shape index (κ3) is 5.62. The average Bonchev–Trinajstić information content (AvgIpc) is 2.93. The number of nitrogens with one attached hydrogen (secondary N) is 1. The van der Waals surface area contributed by atoms with E-state index in [0.717, 1.165) is 0 Å². The van der Waals surface area contributed by atoms with Gasteiger partial charge < -0.3 is 15.6 Å². The quantitative estimate of drug-likeness (QED) is 0.644. The maximum atomic E-state index is 12.4. The van der Waals surface area contributed by atoms with E-state index in [-0.39, 0.29) is 12.3 Å². The van der Waals surface area contributed by atoms with Crippen molar-refractivity contribution in [2.24, 2.45) is 5.73 Å². The van der Waals surface area contributed by atoms with Gasteiger partial charge in [-0.1, -0.05) is 35.0 Å². The number of primary amides is 1. The highest BCUT2D eigenvalue weighted by atomic mass is 35.5. The summed E-state index contributed by atoms with van der Waals surface area (Å²) in [6.07, 6.45) is 0.618. The summed E-state index contributed by atoms with van der Waals surface area (Å²) in [5.74, 6) is 0.0680. The summed E-state index contributed by atoms with van der Waals surface area (Å²) in [4.78, 5) is 23.4. The van der Waals surface area contributed by atoms with Crippen LogP contribution in [0.2, 0.25) is 10.0 Å². The first-order chi connectivity index (χ1) is 12.3. The molecule has 7 nitrogen and oxygen atoms in total. The smallest absolute Gasteiger partial charge is 0.237 e. The SMILES string of the molecule is CCn1c(CCC(N)=O)nnc1S[C@@H](C)C(=O)Nc1cc(Cl)cc(Cl)c1. The monoisotopic (exact) mass is 415 g/mol. The number of anilines is 1. The molecule has 26 heavy (non-hydrogen) atoms. The van der Waals surface area contributed by atoms with Gasteiger partial charge in [0.2, 0.25) is 11.8 Å². The molecular weight excluding hydrogens is 397 g/mol. The highest BCUT2D eigenvalue weighted by molar-refractivity contribution is 8.00. The minimum absolute atomic E-state index is 0.203. The molecular formula is C16H19Cl2N5O2S. The van der Waals surface area contributed by atoms with E-state index in [1.165, 1.54) is 11.8 Å². The van der Waals surface area contributed by atoms with Gasteiger partial charge in [0.1, 0.15) is 5.82 Å². The molecule has 1 heterocycles. The predicted molar refractivity (Wildman–Crippen MR) is 104 cm³/mol. The van der Waals surface area contributed by atoms with Crippen molar-refractivity contribution in [3.63, 3.8) is 0 Å². The van der Waals surface area contributed by atoms with Gasteiger partial charge in [0.25, 0.3) is 0 Å². The summed E-state index contributed by atoms with van der Waals surface area (Å²) in [6.45, 7) is 4.34. The Morgan fingerprint density at radius 3 is 2.50 bits per heavy atom. The Morgan fingerprint density at radius 1 is 1.27 bits per heavy atom. The van der Waals surface area contributed by atoms with Crippen molar-refractivity contribution in [1.82, 2.24) is 14.8 Å². The number of aromatic nitrogens is 3. The largest absolute Gasteiger partial charge is 0.370 e. The van der Waals surface area contributed by atoms with Gasteiger partial charge in [-0.2, -0.15) is 0 Å². The molecule has 0 saturated heterocycles. The molecule has 1 atom stereocenters. The molecule has 0 saturated carbocycles. The molecule has 0 spiro atoms. The second kappa shape index (κ2) is 9.25. The van der Waals surface area contributed by atoms with Gasteiger partial charge in [-0.15, -0.1) is 10.2 Å². The van der Waals surface area contributed by atoms with Gasteiger partial charge in [0, 0.05) is 35.1 Å². The van der Waals surface area contributed by atoms with Crippen LogP contribution in [-0.4, -0.2) is 31.8 Å². The van der Waals surface area contributed by atoms with Crippen LogP contribution in [0.3, 0.4) is 0 Å². The van der Waals surface area contributed by atoms with Crippen LogP contribution in [0.25, 0.3) is 0 Å². The van der Waals surface area contributed by atoms with Gasteiger partial charge in [0.15, 0.2) is 5.16 Å². The van der Waals surface area contributed by atoms with E-state index in [4.69, 9.17) is 28.9 Å². The minimum atomic E-state index is -0.425. The molecule has 1 aromatic carbocycles. The lowest BCUT2D eigenvalue weighted by Crippen LogP contribution is -2.23. The lowest BCUT2D eigenvalue weighted by Gasteiger charge is -2.13. The Morgan fingerprint density at radius 2 is 1.92 bits per heavy atom. The first-order valence-electron chi connectivity index (χ1n) is 7.94. The zero-order valence-electron chi connectivity index (χ0n) is 14.3. The molecule has 0 bridgehead atoms. The summed E-state index contributed by atoms with van der Waals surface area (Å²) in [6, 6.07) is 4.84. The third-order valence-electron chi connectivity index (χ3n) is 3.49. The molecule has 10 heteroatoms. The second-order valence-electron chi connectivity index (χ2n) is 5.52. The van der Waals surface area contributed by atoms with E-state index in [1.807, 2.05) is 11.5 Å². The van der Waals surface area contributed by atoms with Crippen molar-refractivity contribution in [1.29, 1.82) is 0 Å². The van der Waals surface area contributed by atoms with Crippen LogP contribution < -0.4 is 11.1 Å². The van der Waals surface area contributed by atoms with Crippen LogP contribution in [0.1, 0.15) is 26.1 Å². The predicted octanol–water partition coefficient (Wildman–Crippen LogP) is 3.14. The highest BCUT2D eigenvalue weighted by Gasteiger charge is 2.20. The normalized spacial score (nSPS) is 12.0. The summed E-state index contributed by atoms with van der Waals surface area (Å²) in [5.41, 5.74) is 5.71. The number of nitrogens with two attached hydrogens (primary N) is 1. The van der Waals surface area contributed by atoms with Crippen LogP contribution in [0.5, 0.6) is 0 Å². The zero-order valence-corrected chi connectivity index (χ0v) is 16.7. The average molecular weight is 416 g/mol. The standard InChI is InChI=1S/C16H19Cl2N5O2S/c1-3-23-14(5-4-13(19)24)21-22-16(23)26-9(2)15(25)20-12-7-10(17)6-11(18)8-12/h6-9H,3-5H2,1-2H3,(H2,19,24)(H,20,25)/t9-/m0/s1. The maximum Gasteiger partial charge on any atom is 0.237 e. The molecule has 0 unspecified atom stereocenters. The summed E-state index contributed by atoms with van der Waals surface area (Å²) in [7, 11) is 0. The van der Waals surface area contributed by atoms with E-state index < -0.39 is 11.2 Å². The topological polar surface area (TPSA) is 103 Å². The van der Waals surface area contributed by atoms with Gasteiger partial charge in [0.05, 0.1) is 5.25 Å². The lowest BCUT2D eigenvalue weighted by atomic mass is 10.3. The Labute approximate surface area is 165 Å². The Balaban J connectivity index is 2.05. The number of hydrogen-bond donors (Lipinski definition) is 2. The Kier molecular flexibility index (Phi) is 7.31. The zero-order chi connectivity index (χ0) is 19.3. The molecule has 0 aliphatic carbocycles. The van der Waals surface area contributed by atoms with E-state index >= 15 is 0 Å². The summed E-state index contributed by atoms with van der Waals surface area (Å²) >= 11 is 13.2. The van der Waals surface area contributed by atoms with Crippen molar-refractivity contribution in [3.8, 4) is 0 Å². The number of hydrogen-bond acceptors (Lipinski definition) is 5. The van der Waals surface area contributed by atoms with E-state index in [0.29, 0.717) is 39.7 Å². The fourth-order valence-electron chi connectivity index (χ4n) is 2.23. The lowest BCUT2D eigenvalue weighted by molar-refractivity contribution is -0.118. The van der Waals surface area contributed by atoms with Gasteiger partial charge in [-0.25, -0.2) is 0 Å². The van der Waals surface area contributed by atoms with Crippen LogP contribution in [-0.2, 0) is 22.6 Å². The number of carbonyl (C=O) groups excluding carboxylic acids is 2. The number of carbonyl (C=O) groups is 2. The maximum absolute atomic E-state index is 12.4. The first-order valence-corrected chi connectivity index (χ1v) is 9.57. The van der Waals surface area contributed by atoms with Crippen molar-refractivity contribution in [3.05, 3.63) is 34.1 Å². The fraction of sp³-hybridized carbons (Fsp3) is 0.375. The highest BCUT2D eigenvalue weighted by Crippen LogP contribution is 2.26. The third-order valence-corrected chi connectivity index (χ3v) is 5.00. The van der Waals surface area contributed by atoms with Gasteiger partial charge in [-0.05, 0) is 32.0 Å². The number of nitrogens with zero attached hydrogens (tertiary/aromatic N) is 3. The van der Waals surface area contributed by atoms with E-state index in [2.05, 4.69) is 15.5 Å². The van der Waals surface area contributed by atoms with Crippen LogP contribution in [0.4, 0.5) is 5.69 Å². The minimum Gasteiger partial charge on any atom is -0.370 e. The number of thioether (sulfide) groups is 1. The molecule has 0 radical (unpaired) electrons. The number of amides is 2. The fourth-order valence-corrected chi connectivity index (χ4v) is 3.68. The van der Waals surface area contributed by atoms with Gasteiger partial charge >= 0.3 is 0 Å². The van der Waals surface area contributed by atoms with Crippen LogP contribution >= 0.6 is 35.0 Å². The molecule has 3 N–H and O–H groups in total. The Hall–Kier alpha value is -1.77. The second-order valence-corrected chi connectivity index (χ2v) is 7.70. The van der Waals surface area contributed by atoms with E-state index in [9.17, 15) is 9.59 Å². The van der Waals surface area contributed by atoms with Crippen molar-refractivity contribution >= 4 is 52.5 Å². The molecule has 2 amide bonds. The number of halogens is 2. The van der Waals surface area contributed by atoms with Crippen LogP contribution in [0, 0.1) is 0 Å². The summed E-state index contributed by atoms with van der Waals surface area (Å²) < 4.78 is 1.87. The molecule has 140 valence electrons. The number of aryl methyl sites for hydroxylation is 1. The first kappa shape index (κ1) is 20.5. The van der Waals surface area contributed by atoms with Crippen LogP contribution in [0.15, 0.2) is 23.4 Å². The molecule has 2 rings (SSSR count). The molecule has 1 aromatic heterocycles. The van der Waals surface area contributed by atoms with Crippen molar-refractivity contribution < 1.29 is 9.59 Å². The number of benzene rings is 1. The summed E-state index contributed by atoms with van der Waals surface area (Å²) in [5, 5.41) is 12.1. The molecule has 0 aliphatic heterocycles. The van der Waals surface area contributed by atoms with Crippen molar-refractivity contribution in [2.75, 3.05) is 5.32 Å². The van der Waals surface area contributed by atoms with E-state index in [1.54, 1.807) is 25.1 Å². The molecule has 0 fully saturated rings. The number of rotatable bonds is 8. The van der Waals surface area contributed by atoms with Crippen molar-refractivity contribution in [2.45, 2.75) is 43.6 Å². The Bertz CT molecular complexity index is 792.